The third-order valence-electron chi connectivity index (χ3n) is 3.61. The maximum absolute atomic E-state index is 13.0. The number of benzene rings is 1. The molecule has 1 aliphatic heterocycles. The molecule has 1 aromatic carbocycles. The first-order valence-electron chi connectivity index (χ1n) is 7.56. The number of nitrogens with one attached hydrogen (secondary N) is 1. The van der Waals surface area contributed by atoms with Gasteiger partial charge in [0.1, 0.15) is 23.0 Å². The van der Waals surface area contributed by atoms with Crippen molar-refractivity contribution in [3.05, 3.63) is 41.4 Å². The zero-order valence-corrected chi connectivity index (χ0v) is 14.4. The Hall–Kier alpha value is -1.86. The molecule has 8 heteroatoms. The van der Waals surface area contributed by atoms with E-state index in [9.17, 15) is 9.18 Å². The summed E-state index contributed by atoms with van der Waals surface area (Å²) in [6.07, 6.45) is 3.87. The van der Waals surface area contributed by atoms with Crippen LogP contribution in [0, 0.1) is 5.82 Å². The van der Waals surface area contributed by atoms with Gasteiger partial charge in [-0.05, 0) is 31.0 Å². The predicted molar refractivity (Wildman–Crippen MR) is 94.2 cm³/mol. The molecule has 1 saturated heterocycles. The van der Waals surface area contributed by atoms with Gasteiger partial charge >= 0.3 is 0 Å². The summed E-state index contributed by atoms with van der Waals surface area (Å²) in [5.74, 6) is 0.411. The van der Waals surface area contributed by atoms with Gasteiger partial charge in [0.15, 0.2) is 0 Å². The minimum absolute atomic E-state index is 0.173. The second-order valence-corrected chi connectivity index (χ2v) is 6.77. The van der Waals surface area contributed by atoms with Crippen molar-refractivity contribution in [2.75, 3.05) is 29.1 Å². The van der Waals surface area contributed by atoms with Crippen molar-refractivity contribution in [2.45, 2.75) is 17.9 Å². The fourth-order valence-electron chi connectivity index (χ4n) is 2.44. The summed E-state index contributed by atoms with van der Waals surface area (Å²) < 4.78 is 13.0. The number of rotatable bonds is 5. The molecule has 0 aliphatic carbocycles. The van der Waals surface area contributed by atoms with Gasteiger partial charge in [-0.1, -0.05) is 23.4 Å². The molecule has 1 aliphatic rings. The molecular formula is C16H16ClFN4OS. The van der Waals surface area contributed by atoms with Crippen molar-refractivity contribution in [1.29, 1.82) is 0 Å². The van der Waals surface area contributed by atoms with Gasteiger partial charge in [0, 0.05) is 19.2 Å². The molecule has 1 N–H and O–H groups in total. The highest BCUT2D eigenvalue weighted by atomic mass is 35.5. The molecule has 126 valence electrons. The Kier molecular flexibility index (Phi) is 5.52. The maximum Gasteiger partial charge on any atom is 0.234 e. The minimum atomic E-state index is -0.442. The molecule has 1 aromatic heterocycles. The maximum atomic E-state index is 13.0. The van der Waals surface area contributed by atoms with Gasteiger partial charge in [-0.2, -0.15) is 0 Å². The molecule has 0 atom stereocenters. The lowest BCUT2D eigenvalue weighted by Gasteiger charge is -2.16. The number of thioether (sulfide) groups is 1. The Morgan fingerprint density at radius 3 is 2.83 bits per heavy atom. The van der Waals surface area contributed by atoms with Gasteiger partial charge in [-0.15, -0.1) is 0 Å². The molecule has 5 nitrogen and oxygen atoms in total. The SMILES string of the molecule is O=C(CSc1cc(N2CCCC2)ncn1)Nc1ccc(F)cc1Cl. The summed E-state index contributed by atoms with van der Waals surface area (Å²) in [5.41, 5.74) is 0.393. The summed E-state index contributed by atoms with van der Waals surface area (Å²) in [5, 5.41) is 3.58. The number of halogens is 2. The standard InChI is InChI=1S/C16H16ClFN4OS/c17-12-7-11(18)3-4-13(12)21-15(23)9-24-16-8-14(19-10-20-16)22-5-1-2-6-22/h3-4,7-8,10H,1-2,5-6,9H2,(H,21,23). The van der Waals surface area contributed by atoms with E-state index in [1.807, 2.05) is 6.07 Å². The first-order chi connectivity index (χ1) is 11.6. The fourth-order valence-corrected chi connectivity index (χ4v) is 3.32. The number of hydrogen-bond acceptors (Lipinski definition) is 5. The van der Waals surface area contributed by atoms with Gasteiger partial charge in [-0.25, -0.2) is 14.4 Å². The highest BCUT2D eigenvalue weighted by molar-refractivity contribution is 7.99. The van der Waals surface area contributed by atoms with Crippen LogP contribution in [0.15, 0.2) is 35.6 Å². The van der Waals surface area contributed by atoms with Crippen LogP contribution in [-0.2, 0) is 4.79 Å². The largest absolute Gasteiger partial charge is 0.356 e. The van der Waals surface area contributed by atoms with E-state index in [0.717, 1.165) is 30.0 Å². The number of hydrogen-bond donors (Lipinski definition) is 1. The van der Waals surface area contributed by atoms with E-state index in [1.54, 1.807) is 0 Å². The quantitative estimate of drug-likeness (QED) is 0.647. The van der Waals surface area contributed by atoms with E-state index in [-0.39, 0.29) is 16.7 Å². The Labute approximate surface area is 148 Å². The van der Waals surface area contributed by atoms with Gasteiger partial charge in [0.05, 0.1) is 16.5 Å². The predicted octanol–water partition coefficient (Wildman–Crippen LogP) is 3.60. The Bertz CT molecular complexity index is 740. The zero-order chi connectivity index (χ0) is 16.9. The van der Waals surface area contributed by atoms with E-state index < -0.39 is 5.82 Å². The van der Waals surface area contributed by atoms with Crippen LogP contribution in [0.5, 0.6) is 0 Å². The van der Waals surface area contributed by atoms with E-state index in [0.29, 0.717) is 5.69 Å². The fraction of sp³-hybridized carbons (Fsp3) is 0.312. The zero-order valence-electron chi connectivity index (χ0n) is 12.8. The van der Waals surface area contributed by atoms with Crippen molar-refractivity contribution in [3.8, 4) is 0 Å². The number of aromatic nitrogens is 2. The molecular weight excluding hydrogens is 351 g/mol. The van der Waals surface area contributed by atoms with Crippen molar-refractivity contribution >= 4 is 40.8 Å². The number of amides is 1. The Morgan fingerprint density at radius 1 is 1.29 bits per heavy atom. The Morgan fingerprint density at radius 2 is 2.08 bits per heavy atom. The first-order valence-corrected chi connectivity index (χ1v) is 8.93. The molecule has 0 radical (unpaired) electrons. The van der Waals surface area contributed by atoms with Crippen LogP contribution in [-0.4, -0.2) is 34.7 Å². The lowest BCUT2D eigenvalue weighted by atomic mass is 10.3. The van der Waals surface area contributed by atoms with Crippen LogP contribution in [0.3, 0.4) is 0 Å². The third-order valence-corrected chi connectivity index (χ3v) is 4.85. The molecule has 0 spiro atoms. The van der Waals surface area contributed by atoms with Crippen LogP contribution < -0.4 is 10.2 Å². The van der Waals surface area contributed by atoms with Crippen molar-refractivity contribution in [2.24, 2.45) is 0 Å². The Balaban J connectivity index is 1.57. The minimum Gasteiger partial charge on any atom is -0.356 e. The number of carbonyl (C=O) groups excluding carboxylic acids is 1. The van der Waals surface area contributed by atoms with Crippen LogP contribution in [0.2, 0.25) is 5.02 Å². The number of nitrogens with zero attached hydrogens (tertiary/aromatic N) is 3. The van der Waals surface area contributed by atoms with E-state index in [4.69, 9.17) is 11.6 Å². The smallest absolute Gasteiger partial charge is 0.234 e. The summed E-state index contributed by atoms with van der Waals surface area (Å²) in [6.45, 7) is 2.01. The van der Waals surface area contributed by atoms with Gasteiger partial charge < -0.3 is 10.2 Å². The highest BCUT2D eigenvalue weighted by Crippen LogP contribution is 2.24. The lowest BCUT2D eigenvalue weighted by Crippen LogP contribution is -2.19. The average molecular weight is 367 g/mol. The number of anilines is 2. The number of carbonyl (C=O) groups is 1. The molecule has 2 heterocycles. The van der Waals surface area contributed by atoms with E-state index >= 15 is 0 Å². The van der Waals surface area contributed by atoms with E-state index in [2.05, 4.69) is 20.2 Å². The summed E-state index contributed by atoms with van der Waals surface area (Å²) in [4.78, 5) is 22.7. The van der Waals surface area contributed by atoms with Crippen molar-refractivity contribution in [1.82, 2.24) is 9.97 Å². The van der Waals surface area contributed by atoms with E-state index in [1.165, 1.54) is 43.1 Å². The average Bonchev–Trinajstić information content (AvgIpc) is 3.10. The van der Waals surface area contributed by atoms with Crippen LogP contribution in [0.4, 0.5) is 15.9 Å². The monoisotopic (exact) mass is 366 g/mol. The van der Waals surface area contributed by atoms with Gasteiger partial charge in [-0.3, -0.25) is 4.79 Å². The first kappa shape index (κ1) is 17.0. The normalized spacial score (nSPS) is 14.0. The second-order valence-electron chi connectivity index (χ2n) is 5.37. The molecule has 0 unspecified atom stereocenters. The molecule has 2 aromatic rings. The molecule has 0 bridgehead atoms. The van der Waals surface area contributed by atoms with Crippen molar-refractivity contribution < 1.29 is 9.18 Å². The molecule has 24 heavy (non-hydrogen) atoms. The third kappa shape index (κ3) is 4.36. The second kappa shape index (κ2) is 7.81. The lowest BCUT2D eigenvalue weighted by molar-refractivity contribution is -0.113. The van der Waals surface area contributed by atoms with Crippen LogP contribution >= 0.6 is 23.4 Å². The molecule has 1 fully saturated rings. The van der Waals surface area contributed by atoms with Crippen LogP contribution in [0.1, 0.15) is 12.8 Å². The van der Waals surface area contributed by atoms with Gasteiger partial charge in [0.2, 0.25) is 5.91 Å². The van der Waals surface area contributed by atoms with Gasteiger partial charge in [0.25, 0.3) is 0 Å². The van der Waals surface area contributed by atoms with Crippen LogP contribution in [0.25, 0.3) is 0 Å². The molecule has 3 rings (SSSR count). The highest BCUT2D eigenvalue weighted by Gasteiger charge is 2.14. The summed E-state index contributed by atoms with van der Waals surface area (Å²) in [7, 11) is 0. The van der Waals surface area contributed by atoms with Crippen molar-refractivity contribution in [3.63, 3.8) is 0 Å². The molecule has 1 amide bonds. The summed E-state index contributed by atoms with van der Waals surface area (Å²) in [6, 6.07) is 5.75. The summed E-state index contributed by atoms with van der Waals surface area (Å²) >= 11 is 7.22. The topological polar surface area (TPSA) is 58.1 Å². The molecule has 0 saturated carbocycles.